The molecule has 0 bridgehead atoms. The average molecular weight is 231 g/mol. The Labute approximate surface area is 39.4 Å². The van der Waals surface area contributed by atoms with Crippen LogP contribution in [0.4, 0.5) is 0 Å². The second kappa shape index (κ2) is 9.54. The van der Waals surface area contributed by atoms with E-state index < -0.39 is 0 Å². The number of rotatable bonds is 0. The van der Waals surface area contributed by atoms with E-state index >= 15 is 0 Å². The van der Waals surface area contributed by atoms with Gasteiger partial charge in [-0.05, 0) is 0 Å². The first-order valence-electron chi connectivity index (χ1n) is 0.642. The fourth-order valence-corrected chi connectivity index (χ4v) is 0. The van der Waals surface area contributed by atoms with Gasteiger partial charge >= 0.3 is 0 Å². The Kier molecular flexibility index (Phi) is 21.0. The van der Waals surface area contributed by atoms with Crippen LogP contribution in [0.2, 0.25) is 0 Å². The molecule has 0 saturated carbocycles. The molecule has 3 N–H and O–H groups in total. The normalized spacial score (nSPS) is 4.50. The molecule has 0 unspecified atom stereocenters. The van der Waals surface area contributed by atoms with Crippen molar-refractivity contribution in [3.8, 4) is 0 Å². The second-order valence-corrected chi connectivity index (χ2v) is 0.204. The Morgan fingerprint density at radius 1 is 1.75 bits per heavy atom. The molecule has 1 radical (unpaired) electrons. The summed E-state index contributed by atoms with van der Waals surface area (Å²) in [6.07, 6.45) is 0. The molecule has 0 saturated heterocycles. The molecule has 0 atom stereocenters. The van der Waals surface area contributed by atoms with Gasteiger partial charge in [-0.1, -0.05) is 0 Å². The van der Waals surface area contributed by atoms with Gasteiger partial charge in [-0.2, -0.15) is 0 Å². The molecule has 0 heterocycles. The first-order chi connectivity index (χ1) is 1.41. The molecule has 0 spiro atoms. The molecular weight excluding hydrogens is 226 g/mol. The van der Waals surface area contributed by atoms with Crippen LogP contribution in [0.3, 0.4) is 0 Å². The van der Waals surface area contributed by atoms with Crippen molar-refractivity contribution in [1.82, 2.24) is 5.43 Å². The average Bonchev–Trinajstić information content (AvgIpc) is 0.918. The third-order valence-electron chi connectivity index (χ3n) is 0. The number of nitrogens with two attached hydrogens (primary N) is 1. The molecule has 2 nitrogen and oxygen atoms in total. The van der Waals surface area contributed by atoms with E-state index in [1.54, 1.807) is 0 Å². The minimum atomic E-state index is 0. The summed E-state index contributed by atoms with van der Waals surface area (Å²) >= 11 is 0. The number of nitrogens with one attached hydrogen (secondary N) is 1. The summed E-state index contributed by atoms with van der Waals surface area (Å²) in [7, 11) is 3.01. The Hall–Kier alpha value is 0.582. The Balaban J connectivity index is 0. The van der Waals surface area contributed by atoms with Gasteiger partial charge in [-0.25, -0.2) is 0 Å². The fraction of sp³-hybridized carbons (Fsp3) is 0. The van der Waals surface area contributed by atoms with E-state index in [4.69, 9.17) is 0 Å². The molecule has 27 valence electrons. The van der Waals surface area contributed by atoms with E-state index in [9.17, 15) is 0 Å². The van der Waals surface area contributed by atoms with Gasteiger partial charge in [0.1, 0.15) is 0 Å². The SMILES string of the molecule is [CH2-]NN.[Re]. The van der Waals surface area contributed by atoms with Gasteiger partial charge in [-0.15, -0.1) is 0 Å². The molecule has 3 heteroatoms. The van der Waals surface area contributed by atoms with Gasteiger partial charge in [0, 0.05) is 20.4 Å². The molecule has 0 fully saturated rings. The summed E-state index contributed by atoms with van der Waals surface area (Å²) in [4.78, 5) is 0. The van der Waals surface area contributed by atoms with Crippen molar-refractivity contribution in [3.05, 3.63) is 7.05 Å². The summed E-state index contributed by atoms with van der Waals surface area (Å²) in [5.41, 5.74) is 2.00. The van der Waals surface area contributed by atoms with Crippen molar-refractivity contribution >= 4 is 0 Å². The number of hydrogen-bond donors (Lipinski definition) is 2. The van der Waals surface area contributed by atoms with Crippen molar-refractivity contribution in [1.29, 1.82) is 0 Å². The molecule has 0 aliphatic rings. The van der Waals surface area contributed by atoms with Crippen LogP contribution in [-0.2, 0) is 20.4 Å². The van der Waals surface area contributed by atoms with E-state index in [-0.39, 0.29) is 20.4 Å². The Bertz CT molecular complexity index is 6.00. The van der Waals surface area contributed by atoms with E-state index in [0.717, 1.165) is 0 Å². The first kappa shape index (κ1) is 8.82. The van der Waals surface area contributed by atoms with Crippen LogP contribution in [0.5, 0.6) is 0 Å². The molecule has 0 aliphatic carbocycles. The Morgan fingerprint density at radius 2 is 1.75 bits per heavy atom. The predicted octanol–water partition coefficient (Wildman–Crippen LogP) is -0.761. The standard InChI is InChI=1S/CH5N2.Re/c1-3-2;/h3H,1-2H2;/q-1;. The minimum absolute atomic E-state index is 0. The Morgan fingerprint density at radius 3 is 1.75 bits per heavy atom. The van der Waals surface area contributed by atoms with Crippen molar-refractivity contribution in [2.75, 3.05) is 0 Å². The second-order valence-electron chi connectivity index (χ2n) is 0.204. The molecule has 0 aliphatic heterocycles. The molecule has 4 heavy (non-hydrogen) atoms. The third-order valence-corrected chi connectivity index (χ3v) is 0. The van der Waals surface area contributed by atoms with Crippen LogP contribution in [0, 0.1) is 7.05 Å². The summed E-state index contributed by atoms with van der Waals surface area (Å²) < 4.78 is 0. The molecular formula is CH5N2Re-. The van der Waals surface area contributed by atoms with Crippen molar-refractivity contribution in [3.63, 3.8) is 0 Å². The topological polar surface area (TPSA) is 38.0 Å². The van der Waals surface area contributed by atoms with Gasteiger partial charge < -0.3 is 11.3 Å². The number of hydrazine groups is 1. The van der Waals surface area contributed by atoms with Crippen molar-refractivity contribution in [2.24, 2.45) is 5.84 Å². The van der Waals surface area contributed by atoms with Crippen LogP contribution in [-0.4, -0.2) is 0 Å². The van der Waals surface area contributed by atoms with E-state index in [0.29, 0.717) is 0 Å². The third kappa shape index (κ3) is 19.1. The summed E-state index contributed by atoms with van der Waals surface area (Å²) in [6, 6.07) is 0. The quantitative estimate of drug-likeness (QED) is 0.327. The summed E-state index contributed by atoms with van der Waals surface area (Å²) in [6.45, 7) is 0. The largest absolute Gasteiger partial charge is 0.413 e. The van der Waals surface area contributed by atoms with Gasteiger partial charge in [0.05, 0.1) is 0 Å². The van der Waals surface area contributed by atoms with Gasteiger partial charge in [0.2, 0.25) is 0 Å². The molecule has 0 aromatic heterocycles. The monoisotopic (exact) mass is 232 g/mol. The maximum Gasteiger partial charge on any atom is 0 e. The predicted molar refractivity (Wildman–Crippen MR) is 12.7 cm³/mol. The zero-order valence-electron chi connectivity index (χ0n) is 2.16. The molecule has 0 rings (SSSR count). The van der Waals surface area contributed by atoms with E-state index in [1.165, 1.54) is 0 Å². The van der Waals surface area contributed by atoms with Crippen LogP contribution < -0.4 is 11.3 Å². The molecule has 0 amide bonds. The summed E-state index contributed by atoms with van der Waals surface area (Å²) in [5.74, 6) is 4.49. The van der Waals surface area contributed by atoms with Crippen LogP contribution in [0.25, 0.3) is 0 Å². The van der Waals surface area contributed by atoms with Gasteiger partial charge in [0.25, 0.3) is 0 Å². The van der Waals surface area contributed by atoms with Gasteiger partial charge in [0.15, 0.2) is 0 Å². The zero-order valence-corrected chi connectivity index (χ0v) is 4.88. The maximum absolute atomic E-state index is 4.49. The number of hydrogen-bond acceptors (Lipinski definition) is 2. The molecule has 0 aromatic rings. The van der Waals surface area contributed by atoms with Crippen molar-refractivity contribution < 1.29 is 20.4 Å². The van der Waals surface area contributed by atoms with Crippen molar-refractivity contribution in [2.45, 2.75) is 0 Å². The summed E-state index contributed by atoms with van der Waals surface area (Å²) in [5, 5.41) is 0. The molecule has 0 aromatic carbocycles. The maximum atomic E-state index is 4.49. The fourth-order valence-electron chi connectivity index (χ4n) is 0. The smallest absolute Gasteiger partial charge is 0 e. The van der Waals surface area contributed by atoms with Crippen LogP contribution in [0.1, 0.15) is 0 Å². The van der Waals surface area contributed by atoms with E-state index in [2.05, 4.69) is 12.9 Å². The van der Waals surface area contributed by atoms with Crippen LogP contribution in [0.15, 0.2) is 0 Å². The first-order valence-corrected chi connectivity index (χ1v) is 0.642. The minimum Gasteiger partial charge on any atom is -0.413 e. The van der Waals surface area contributed by atoms with Gasteiger partial charge in [-0.3, -0.25) is 7.05 Å². The van der Waals surface area contributed by atoms with Crippen LogP contribution >= 0.6 is 0 Å². The zero-order chi connectivity index (χ0) is 2.71. The van der Waals surface area contributed by atoms with E-state index in [1.807, 2.05) is 5.43 Å².